The third-order valence-corrected chi connectivity index (χ3v) is 5.01. The zero-order valence-corrected chi connectivity index (χ0v) is 14.3. The number of nitrogens with one attached hydrogen (secondary N) is 1. The van der Waals surface area contributed by atoms with Crippen LogP contribution in [0.2, 0.25) is 5.02 Å². The van der Waals surface area contributed by atoms with Crippen molar-refractivity contribution in [3.8, 4) is 0 Å². The van der Waals surface area contributed by atoms with E-state index >= 15 is 0 Å². The summed E-state index contributed by atoms with van der Waals surface area (Å²) in [6, 6.07) is 5.67. The molecule has 1 fully saturated rings. The zero-order chi connectivity index (χ0) is 15.2. The van der Waals surface area contributed by atoms with E-state index in [9.17, 15) is 4.79 Å². The van der Waals surface area contributed by atoms with Crippen molar-refractivity contribution in [2.24, 2.45) is 5.92 Å². The van der Waals surface area contributed by atoms with E-state index in [2.05, 4.69) is 5.32 Å². The Morgan fingerprint density at radius 2 is 2.33 bits per heavy atom. The monoisotopic (exact) mass is 326 g/mol. The molecule has 0 saturated carbocycles. The Labute approximate surface area is 136 Å². The molecule has 0 aliphatic carbocycles. The highest BCUT2D eigenvalue weighted by Gasteiger charge is 2.22. The summed E-state index contributed by atoms with van der Waals surface area (Å²) in [6.45, 7) is 5.65. The highest BCUT2D eigenvalue weighted by atomic mass is 35.5. The third kappa shape index (κ3) is 4.38. The van der Waals surface area contributed by atoms with Gasteiger partial charge in [-0.25, -0.2) is 0 Å². The van der Waals surface area contributed by atoms with Gasteiger partial charge in [-0.05, 0) is 63.2 Å². The average Bonchev–Trinajstić information content (AvgIpc) is 2.53. The van der Waals surface area contributed by atoms with E-state index in [1.165, 1.54) is 12.8 Å². The summed E-state index contributed by atoms with van der Waals surface area (Å²) in [7, 11) is 0. The maximum absolute atomic E-state index is 12.8. The highest BCUT2D eigenvalue weighted by molar-refractivity contribution is 7.98. The smallest absolute Gasteiger partial charge is 0.255 e. The fourth-order valence-electron chi connectivity index (χ4n) is 2.71. The van der Waals surface area contributed by atoms with Crippen molar-refractivity contribution in [2.75, 3.05) is 32.4 Å². The summed E-state index contributed by atoms with van der Waals surface area (Å²) in [5.41, 5.74) is 0.620. The molecule has 0 spiro atoms. The molecule has 1 aliphatic rings. The molecule has 1 amide bonds. The molecule has 1 aromatic carbocycles. The van der Waals surface area contributed by atoms with E-state index < -0.39 is 0 Å². The van der Waals surface area contributed by atoms with Crippen molar-refractivity contribution < 1.29 is 4.79 Å². The standard InChI is InChI=1S/C16H23ClN2OS/c1-3-19(11-12-5-4-8-18-10-12)16(20)14-9-13(21-2)6-7-15(14)17/h6-7,9,12,18H,3-5,8,10-11H2,1-2H3. The van der Waals surface area contributed by atoms with Gasteiger partial charge in [0.2, 0.25) is 0 Å². The van der Waals surface area contributed by atoms with Crippen molar-refractivity contribution in [1.82, 2.24) is 10.2 Å². The van der Waals surface area contributed by atoms with E-state index in [-0.39, 0.29) is 5.91 Å². The molecule has 2 rings (SSSR count). The molecule has 21 heavy (non-hydrogen) atoms. The Balaban J connectivity index is 2.11. The van der Waals surface area contributed by atoms with Crippen molar-refractivity contribution >= 4 is 29.3 Å². The lowest BCUT2D eigenvalue weighted by molar-refractivity contribution is 0.0729. The molecule has 1 atom stereocenters. The molecule has 0 bridgehead atoms. The molecule has 1 unspecified atom stereocenters. The second-order valence-electron chi connectivity index (χ2n) is 5.40. The topological polar surface area (TPSA) is 32.3 Å². The largest absolute Gasteiger partial charge is 0.339 e. The predicted molar refractivity (Wildman–Crippen MR) is 90.4 cm³/mol. The Kier molecular flexibility index (Phi) is 6.40. The number of nitrogens with zero attached hydrogens (tertiary/aromatic N) is 1. The van der Waals surface area contributed by atoms with E-state index in [4.69, 9.17) is 11.6 Å². The molecule has 1 N–H and O–H groups in total. The fraction of sp³-hybridized carbons (Fsp3) is 0.562. The molecule has 0 radical (unpaired) electrons. The lowest BCUT2D eigenvalue weighted by Crippen LogP contribution is -2.41. The van der Waals surface area contributed by atoms with Crippen LogP contribution in [0.15, 0.2) is 23.1 Å². The van der Waals surface area contributed by atoms with Crippen molar-refractivity contribution in [1.29, 1.82) is 0 Å². The maximum atomic E-state index is 12.8. The second-order valence-corrected chi connectivity index (χ2v) is 6.69. The van der Waals surface area contributed by atoms with Crippen LogP contribution in [0.3, 0.4) is 0 Å². The van der Waals surface area contributed by atoms with E-state index in [0.29, 0.717) is 16.5 Å². The molecule has 0 aromatic heterocycles. The van der Waals surface area contributed by atoms with Gasteiger partial charge in [-0.15, -0.1) is 11.8 Å². The summed E-state index contributed by atoms with van der Waals surface area (Å²) >= 11 is 7.85. The van der Waals surface area contributed by atoms with Crippen molar-refractivity contribution in [3.05, 3.63) is 28.8 Å². The van der Waals surface area contributed by atoms with E-state index in [0.717, 1.165) is 31.1 Å². The highest BCUT2D eigenvalue weighted by Crippen LogP contribution is 2.25. The Morgan fingerprint density at radius 3 is 2.95 bits per heavy atom. The number of benzene rings is 1. The van der Waals surface area contributed by atoms with Crippen LogP contribution < -0.4 is 5.32 Å². The average molecular weight is 327 g/mol. The predicted octanol–water partition coefficient (Wildman–Crippen LogP) is 3.52. The molecular formula is C16H23ClN2OS. The minimum absolute atomic E-state index is 0.0453. The number of thioether (sulfide) groups is 1. The molecule has 5 heteroatoms. The van der Waals surface area contributed by atoms with Crippen LogP contribution in [0.1, 0.15) is 30.1 Å². The van der Waals surface area contributed by atoms with Gasteiger partial charge >= 0.3 is 0 Å². The van der Waals surface area contributed by atoms with Crippen LogP contribution in [0.25, 0.3) is 0 Å². The van der Waals surface area contributed by atoms with Gasteiger partial charge in [-0.2, -0.15) is 0 Å². The Morgan fingerprint density at radius 1 is 1.52 bits per heavy atom. The SMILES string of the molecule is CCN(CC1CCCNC1)C(=O)c1cc(SC)ccc1Cl. The minimum Gasteiger partial charge on any atom is -0.339 e. The normalized spacial score (nSPS) is 18.5. The van der Waals surface area contributed by atoms with Gasteiger partial charge < -0.3 is 10.2 Å². The molecule has 1 aliphatic heterocycles. The third-order valence-electron chi connectivity index (χ3n) is 3.95. The van der Waals surface area contributed by atoms with Crippen molar-refractivity contribution in [3.63, 3.8) is 0 Å². The quantitative estimate of drug-likeness (QED) is 0.840. The van der Waals surface area contributed by atoms with E-state index in [1.54, 1.807) is 11.8 Å². The van der Waals surface area contributed by atoms with Crippen LogP contribution in [0, 0.1) is 5.92 Å². The lowest BCUT2D eigenvalue weighted by atomic mass is 9.98. The molecule has 3 nitrogen and oxygen atoms in total. The summed E-state index contributed by atoms with van der Waals surface area (Å²) in [5, 5.41) is 3.95. The van der Waals surface area contributed by atoms with Crippen LogP contribution in [0.4, 0.5) is 0 Å². The molecule has 116 valence electrons. The fourth-order valence-corrected chi connectivity index (χ4v) is 3.35. The summed E-state index contributed by atoms with van der Waals surface area (Å²) < 4.78 is 0. The number of amides is 1. The number of hydrogen-bond donors (Lipinski definition) is 1. The van der Waals surface area contributed by atoms with Crippen LogP contribution in [-0.2, 0) is 0 Å². The van der Waals surface area contributed by atoms with Gasteiger partial charge in [-0.3, -0.25) is 4.79 Å². The van der Waals surface area contributed by atoms with Gasteiger partial charge in [0.25, 0.3) is 5.91 Å². The van der Waals surface area contributed by atoms with Gasteiger partial charge in [0.1, 0.15) is 0 Å². The Hall–Kier alpha value is -0.710. The van der Waals surface area contributed by atoms with Gasteiger partial charge in [0.15, 0.2) is 0 Å². The first-order valence-corrected chi connectivity index (χ1v) is 9.09. The molecule has 1 heterocycles. The van der Waals surface area contributed by atoms with E-state index in [1.807, 2.05) is 36.3 Å². The first kappa shape index (κ1) is 16.7. The lowest BCUT2D eigenvalue weighted by Gasteiger charge is -2.29. The number of carbonyl (C=O) groups excluding carboxylic acids is 1. The summed E-state index contributed by atoms with van der Waals surface area (Å²) in [5.74, 6) is 0.592. The van der Waals surface area contributed by atoms with Crippen LogP contribution in [0.5, 0.6) is 0 Å². The number of halogens is 1. The summed E-state index contributed by atoms with van der Waals surface area (Å²) in [4.78, 5) is 15.7. The zero-order valence-electron chi connectivity index (χ0n) is 12.7. The molecule has 1 aromatic rings. The molecule has 1 saturated heterocycles. The summed E-state index contributed by atoms with van der Waals surface area (Å²) in [6.07, 6.45) is 4.39. The second kappa shape index (κ2) is 8.06. The maximum Gasteiger partial charge on any atom is 0.255 e. The first-order chi connectivity index (χ1) is 10.2. The van der Waals surface area contributed by atoms with Crippen LogP contribution in [-0.4, -0.2) is 43.2 Å². The van der Waals surface area contributed by atoms with Gasteiger partial charge in [0, 0.05) is 18.0 Å². The number of carbonyl (C=O) groups is 1. The van der Waals surface area contributed by atoms with Gasteiger partial charge in [0.05, 0.1) is 10.6 Å². The number of hydrogen-bond acceptors (Lipinski definition) is 3. The number of rotatable bonds is 5. The number of piperidine rings is 1. The Bertz CT molecular complexity index is 489. The van der Waals surface area contributed by atoms with Crippen molar-refractivity contribution in [2.45, 2.75) is 24.7 Å². The van der Waals surface area contributed by atoms with Crippen LogP contribution >= 0.6 is 23.4 Å². The minimum atomic E-state index is 0.0453. The first-order valence-electron chi connectivity index (χ1n) is 7.49. The van der Waals surface area contributed by atoms with Gasteiger partial charge in [-0.1, -0.05) is 11.6 Å². The molecular weight excluding hydrogens is 304 g/mol.